The molecule has 0 spiro atoms. The van der Waals surface area contributed by atoms with E-state index in [0.717, 1.165) is 13.1 Å². The van der Waals surface area contributed by atoms with Gasteiger partial charge in [-0.15, -0.1) is 0 Å². The molecule has 0 aliphatic carbocycles. The Morgan fingerprint density at radius 2 is 2.00 bits per heavy atom. The van der Waals surface area contributed by atoms with Gasteiger partial charge in [-0.25, -0.2) is 4.79 Å². The van der Waals surface area contributed by atoms with E-state index < -0.39 is 12.0 Å². The number of carbonyl (C=O) groups is 1. The molecule has 8 heteroatoms. The van der Waals surface area contributed by atoms with Crippen molar-refractivity contribution in [3.8, 4) is 0 Å². The first kappa shape index (κ1) is 15.4. The molecule has 0 saturated heterocycles. The number of nitrogens with zero attached hydrogens (tertiary/aromatic N) is 4. The molecule has 19 heavy (non-hydrogen) atoms. The number of halogens is 1. The molecule has 7 nitrogen and oxygen atoms in total. The highest BCUT2D eigenvalue weighted by Crippen LogP contribution is 2.14. The molecule has 0 radical (unpaired) electrons. The van der Waals surface area contributed by atoms with Crippen molar-refractivity contribution in [3.63, 3.8) is 0 Å². The lowest BCUT2D eigenvalue weighted by molar-refractivity contribution is -0.141. The molecule has 106 valence electrons. The molecule has 1 rings (SSSR count). The number of hydrogen-bond acceptors (Lipinski definition) is 7. The van der Waals surface area contributed by atoms with Crippen LogP contribution in [0.25, 0.3) is 0 Å². The van der Waals surface area contributed by atoms with Crippen LogP contribution in [0, 0.1) is 0 Å². The van der Waals surface area contributed by atoms with Crippen molar-refractivity contribution in [1.29, 1.82) is 0 Å². The lowest BCUT2D eigenvalue weighted by Gasteiger charge is -2.19. The predicted octanol–water partition coefficient (Wildman–Crippen LogP) is 1.34. The second kappa shape index (κ2) is 7.08. The van der Waals surface area contributed by atoms with E-state index in [1.807, 2.05) is 18.7 Å². The highest BCUT2D eigenvalue weighted by molar-refractivity contribution is 6.28. The zero-order chi connectivity index (χ0) is 14.4. The Hall–Kier alpha value is -1.63. The minimum atomic E-state index is -0.562. The fraction of sp³-hybridized carbons (Fsp3) is 0.636. The maximum absolute atomic E-state index is 11.3. The molecule has 0 fully saturated rings. The molecular formula is C11H18ClN5O2. The molecule has 0 amide bonds. The lowest BCUT2D eigenvalue weighted by atomic mass is 10.3. The molecule has 0 aromatic carbocycles. The van der Waals surface area contributed by atoms with Gasteiger partial charge in [0.15, 0.2) is 0 Å². The predicted molar refractivity (Wildman–Crippen MR) is 73.5 cm³/mol. The number of esters is 1. The molecular weight excluding hydrogens is 270 g/mol. The van der Waals surface area contributed by atoms with Crippen molar-refractivity contribution in [2.45, 2.75) is 26.8 Å². The summed E-state index contributed by atoms with van der Waals surface area (Å²) in [7, 11) is 1.32. The molecule has 1 aromatic heterocycles. The van der Waals surface area contributed by atoms with Gasteiger partial charge in [-0.3, -0.25) is 0 Å². The summed E-state index contributed by atoms with van der Waals surface area (Å²) in [6, 6.07) is -0.562. The third kappa shape index (κ3) is 4.20. The summed E-state index contributed by atoms with van der Waals surface area (Å²) in [5.74, 6) is 0.324. The van der Waals surface area contributed by atoms with Gasteiger partial charge >= 0.3 is 5.97 Å². The van der Waals surface area contributed by atoms with Crippen LogP contribution >= 0.6 is 11.6 Å². The Labute approximate surface area is 117 Å². The zero-order valence-electron chi connectivity index (χ0n) is 11.5. The van der Waals surface area contributed by atoms with Crippen molar-refractivity contribution in [2.75, 3.05) is 30.4 Å². The van der Waals surface area contributed by atoms with Crippen LogP contribution in [0.15, 0.2) is 0 Å². The number of rotatable bonds is 6. The quantitative estimate of drug-likeness (QED) is 0.791. The van der Waals surface area contributed by atoms with Gasteiger partial charge in [-0.2, -0.15) is 15.0 Å². The van der Waals surface area contributed by atoms with Gasteiger partial charge in [0.25, 0.3) is 0 Å². The third-order valence-electron chi connectivity index (χ3n) is 2.54. The van der Waals surface area contributed by atoms with E-state index >= 15 is 0 Å². The van der Waals surface area contributed by atoms with E-state index in [-0.39, 0.29) is 11.2 Å². The molecule has 0 aliphatic rings. The Kier molecular flexibility index (Phi) is 5.75. The van der Waals surface area contributed by atoms with Crippen LogP contribution in [-0.2, 0) is 9.53 Å². The standard InChI is InChI=1S/C11H18ClN5O2/c1-5-17(6-2)11-15-9(12)14-10(16-11)13-7(3)8(18)19-4/h7H,5-6H2,1-4H3,(H,13,14,15,16). The van der Waals surface area contributed by atoms with Crippen molar-refractivity contribution < 1.29 is 9.53 Å². The van der Waals surface area contributed by atoms with Gasteiger partial charge in [0.1, 0.15) is 6.04 Å². The van der Waals surface area contributed by atoms with Crippen LogP contribution in [-0.4, -0.2) is 47.2 Å². The minimum Gasteiger partial charge on any atom is -0.467 e. The van der Waals surface area contributed by atoms with Crippen LogP contribution in [0.5, 0.6) is 0 Å². The largest absolute Gasteiger partial charge is 0.467 e. The van der Waals surface area contributed by atoms with E-state index in [4.69, 9.17) is 11.6 Å². The molecule has 1 aromatic rings. The van der Waals surface area contributed by atoms with Crippen LogP contribution in [0.1, 0.15) is 20.8 Å². The van der Waals surface area contributed by atoms with Crippen molar-refractivity contribution >= 4 is 29.5 Å². The average Bonchev–Trinajstić information content (AvgIpc) is 2.38. The first-order valence-electron chi connectivity index (χ1n) is 6.02. The summed E-state index contributed by atoms with van der Waals surface area (Å²) in [5, 5.41) is 2.91. The van der Waals surface area contributed by atoms with E-state index in [2.05, 4.69) is 25.0 Å². The van der Waals surface area contributed by atoms with Crippen molar-refractivity contribution in [1.82, 2.24) is 15.0 Å². The smallest absolute Gasteiger partial charge is 0.328 e. The number of methoxy groups -OCH3 is 1. The summed E-state index contributed by atoms with van der Waals surface area (Å²) in [5.41, 5.74) is 0. The minimum absolute atomic E-state index is 0.0801. The molecule has 1 unspecified atom stereocenters. The molecule has 1 heterocycles. The van der Waals surface area contributed by atoms with Gasteiger partial charge in [0.2, 0.25) is 17.2 Å². The van der Waals surface area contributed by atoms with E-state index in [1.54, 1.807) is 6.92 Å². The fourth-order valence-corrected chi connectivity index (χ4v) is 1.64. The van der Waals surface area contributed by atoms with Gasteiger partial charge in [0.05, 0.1) is 7.11 Å². The summed E-state index contributed by atoms with van der Waals surface area (Å²) >= 11 is 5.86. The van der Waals surface area contributed by atoms with Gasteiger partial charge in [-0.05, 0) is 32.4 Å². The first-order valence-corrected chi connectivity index (χ1v) is 6.40. The summed E-state index contributed by atoms with van der Waals surface area (Å²) in [6.07, 6.45) is 0. The van der Waals surface area contributed by atoms with Crippen LogP contribution in [0.4, 0.5) is 11.9 Å². The highest BCUT2D eigenvalue weighted by Gasteiger charge is 2.16. The van der Waals surface area contributed by atoms with E-state index in [1.165, 1.54) is 7.11 Å². The second-order valence-electron chi connectivity index (χ2n) is 3.79. The third-order valence-corrected chi connectivity index (χ3v) is 2.71. The highest BCUT2D eigenvalue weighted by atomic mass is 35.5. The first-order chi connectivity index (χ1) is 9.01. The van der Waals surface area contributed by atoms with Gasteiger partial charge in [0, 0.05) is 13.1 Å². The Bertz CT molecular complexity index is 439. The number of ether oxygens (including phenoxy) is 1. The summed E-state index contributed by atoms with van der Waals surface area (Å²) in [6.45, 7) is 7.14. The van der Waals surface area contributed by atoms with Crippen LogP contribution in [0.3, 0.4) is 0 Å². The van der Waals surface area contributed by atoms with Crippen molar-refractivity contribution in [2.24, 2.45) is 0 Å². The molecule has 0 saturated carbocycles. The number of anilines is 2. The SMILES string of the molecule is CCN(CC)c1nc(Cl)nc(NC(C)C(=O)OC)n1. The molecule has 1 N–H and O–H groups in total. The Morgan fingerprint density at radius 3 is 2.53 bits per heavy atom. The molecule has 0 aliphatic heterocycles. The van der Waals surface area contributed by atoms with Crippen LogP contribution < -0.4 is 10.2 Å². The molecule has 0 bridgehead atoms. The summed E-state index contributed by atoms with van der Waals surface area (Å²) in [4.78, 5) is 25.5. The number of nitrogens with one attached hydrogen (secondary N) is 1. The number of hydrogen-bond donors (Lipinski definition) is 1. The average molecular weight is 288 g/mol. The van der Waals surface area contributed by atoms with E-state index in [9.17, 15) is 4.79 Å². The second-order valence-corrected chi connectivity index (χ2v) is 4.13. The van der Waals surface area contributed by atoms with Crippen LogP contribution in [0.2, 0.25) is 5.28 Å². The topological polar surface area (TPSA) is 80.2 Å². The Morgan fingerprint density at radius 1 is 1.37 bits per heavy atom. The summed E-state index contributed by atoms with van der Waals surface area (Å²) < 4.78 is 4.62. The van der Waals surface area contributed by atoms with Crippen molar-refractivity contribution in [3.05, 3.63) is 5.28 Å². The lowest BCUT2D eigenvalue weighted by Crippen LogP contribution is -2.29. The zero-order valence-corrected chi connectivity index (χ0v) is 12.2. The van der Waals surface area contributed by atoms with E-state index in [0.29, 0.717) is 5.95 Å². The number of aromatic nitrogens is 3. The van der Waals surface area contributed by atoms with Gasteiger partial charge in [-0.1, -0.05) is 0 Å². The maximum Gasteiger partial charge on any atom is 0.328 e. The Balaban J connectivity index is 2.93. The normalized spacial score (nSPS) is 11.8. The maximum atomic E-state index is 11.3. The molecule has 1 atom stereocenters. The number of carbonyl (C=O) groups excluding carboxylic acids is 1. The fourth-order valence-electron chi connectivity index (χ4n) is 1.48. The monoisotopic (exact) mass is 287 g/mol. The van der Waals surface area contributed by atoms with Gasteiger partial charge < -0.3 is 15.0 Å².